The maximum atomic E-state index is 12.3. The van der Waals surface area contributed by atoms with Crippen LogP contribution in [0.3, 0.4) is 0 Å². The van der Waals surface area contributed by atoms with E-state index in [0.717, 1.165) is 22.1 Å². The molecule has 0 aliphatic carbocycles. The van der Waals surface area contributed by atoms with Gasteiger partial charge >= 0.3 is 0 Å². The maximum Gasteiger partial charge on any atom is 0.251 e. The fourth-order valence-corrected chi connectivity index (χ4v) is 3.00. The van der Waals surface area contributed by atoms with Gasteiger partial charge in [-0.3, -0.25) is 9.59 Å². The van der Waals surface area contributed by atoms with Gasteiger partial charge < -0.3 is 20.1 Å². The maximum absolute atomic E-state index is 12.3. The van der Waals surface area contributed by atoms with E-state index in [1.807, 2.05) is 25.1 Å². The molecule has 2 aromatic rings. The Kier molecular flexibility index (Phi) is 6.34. The van der Waals surface area contributed by atoms with Gasteiger partial charge in [-0.15, -0.1) is 0 Å². The lowest BCUT2D eigenvalue weighted by molar-refractivity contribution is -0.116. The number of amides is 2. The highest BCUT2D eigenvalue weighted by molar-refractivity contribution is 9.10. The van der Waals surface area contributed by atoms with Crippen molar-refractivity contribution in [3.05, 3.63) is 52.0 Å². The average Bonchev–Trinajstić information content (AvgIpc) is 2.89. The van der Waals surface area contributed by atoms with Crippen LogP contribution in [-0.2, 0) is 4.79 Å². The lowest BCUT2D eigenvalue weighted by atomic mass is 10.2. The fraction of sp³-hybridized carbons (Fsp3) is 0.300. The third-order valence-electron chi connectivity index (χ3n) is 4.12. The van der Waals surface area contributed by atoms with Crippen molar-refractivity contribution in [2.24, 2.45) is 0 Å². The van der Waals surface area contributed by atoms with E-state index in [-0.39, 0.29) is 24.8 Å². The third-order valence-corrected chi connectivity index (χ3v) is 4.61. The fourth-order valence-electron chi connectivity index (χ4n) is 2.64. The lowest BCUT2D eigenvalue weighted by Gasteiger charge is -2.11. The number of carbonyl (C=O) groups excluding carboxylic acids is 2. The summed E-state index contributed by atoms with van der Waals surface area (Å²) in [5, 5.41) is 5.61. The topological polar surface area (TPSA) is 76.7 Å². The van der Waals surface area contributed by atoms with Crippen LogP contribution in [-0.4, -0.2) is 31.6 Å². The van der Waals surface area contributed by atoms with Crippen LogP contribution in [0.15, 0.2) is 40.9 Å². The lowest BCUT2D eigenvalue weighted by Crippen LogP contribution is -2.27. The van der Waals surface area contributed by atoms with E-state index < -0.39 is 0 Å². The molecular weight excluding hydrogens is 412 g/mol. The van der Waals surface area contributed by atoms with Crippen molar-refractivity contribution in [2.45, 2.75) is 19.8 Å². The number of aryl methyl sites for hydroxylation is 1. The molecule has 0 fully saturated rings. The standard InChI is InChI=1S/C20H21BrN2O4/c1-13-3-5-15(21)12-16(13)23-19(24)7-8-22-20(25)14-4-6-17-18(11-14)27-10-2-9-26-17/h3-6,11-12H,2,7-10H2,1H3,(H,22,25)(H,23,24). The number of hydrogen-bond acceptors (Lipinski definition) is 4. The Morgan fingerprint density at radius 1 is 1.07 bits per heavy atom. The van der Waals surface area contributed by atoms with Crippen molar-refractivity contribution in [3.8, 4) is 11.5 Å². The molecule has 7 heteroatoms. The Balaban J connectivity index is 1.51. The molecule has 2 amide bonds. The summed E-state index contributed by atoms with van der Waals surface area (Å²) in [5.74, 6) is 0.808. The van der Waals surface area contributed by atoms with Gasteiger partial charge in [0.15, 0.2) is 11.5 Å². The molecular formula is C20H21BrN2O4. The Labute approximate surface area is 166 Å². The van der Waals surface area contributed by atoms with Crippen molar-refractivity contribution in [2.75, 3.05) is 25.1 Å². The number of ether oxygens (including phenoxy) is 2. The molecule has 0 radical (unpaired) electrons. The first-order valence-corrected chi connectivity index (χ1v) is 9.56. The highest BCUT2D eigenvalue weighted by Gasteiger charge is 2.14. The zero-order chi connectivity index (χ0) is 19.2. The zero-order valence-corrected chi connectivity index (χ0v) is 16.6. The van der Waals surface area contributed by atoms with Gasteiger partial charge in [-0.05, 0) is 42.8 Å². The van der Waals surface area contributed by atoms with Crippen LogP contribution in [0.25, 0.3) is 0 Å². The van der Waals surface area contributed by atoms with Crippen LogP contribution in [0.4, 0.5) is 5.69 Å². The molecule has 0 saturated heterocycles. The molecule has 3 rings (SSSR count). The van der Waals surface area contributed by atoms with E-state index in [1.165, 1.54) is 0 Å². The second kappa shape index (κ2) is 8.90. The molecule has 0 bridgehead atoms. The molecule has 0 unspecified atom stereocenters. The quantitative estimate of drug-likeness (QED) is 0.755. The summed E-state index contributed by atoms with van der Waals surface area (Å²) < 4.78 is 12.0. The van der Waals surface area contributed by atoms with Crippen molar-refractivity contribution in [1.29, 1.82) is 0 Å². The molecule has 2 N–H and O–H groups in total. The van der Waals surface area contributed by atoms with Crippen LogP contribution in [0.2, 0.25) is 0 Å². The van der Waals surface area contributed by atoms with Gasteiger partial charge in [0.05, 0.1) is 13.2 Å². The second-order valence-electron chi connectivity index (χ2n) is 6.23. The van der Waals surface area contributed by atoms with Crippen molar-refractivity contribution < 1.29 is 19.1 Å². The molecule has 1 aliphatic heterocycles. The monoisotopic (exact) mass is 432 g/mol. The molecule has 2 aromatic carbocycles. The van der Waals surface area contributed by atoms with Crippen LogP contribution in [0.5, 0.6) is 11.5 Å². The second-order valence-corrected chi connectivity index (χ2v) is 7.14. The van der Waals surface area contributed by atoms with E-state index in [9.17, 15) is 9.59 Å². The van der Waals surface area contributed by atoms with Gasteiger partial charge in [-0.1, -0.05) is 22.0 Å². The van der Waals surface area contributed by atoms with Crippen LogP contribution < -0.4 is 20.1 Å². The Hall–Kier alpha value is -2.54. The number of hydrogen-bond donors (Lipinski definition) is 2. The molecule has 142 valence electrons. The number of nitrogens with one attached hydrogen (secondary N) is 2. The van der Waals surface area contributed by atoms with E-state index in [0.29, 0.717) is 30.3 Å². The number of rotatable bonds is 5. The molecule has 1 heterocycles. The predicted octanol–water partition coefficient (Wildman–Crippen LogP) is 3.68. The van der Waals surface area contributed by atoms with Crippen LogP contribution in [0.1, 0.15) is 28.8 Å². The van der Waals surface area contributed by atoms with Gasteiger partial charge in [0, 0.05) is 35.1 Å². The molecule has 0 spiro atoms. The number of anilines is 1. The molecule has 0 atom stereocenters. The molecule has 6 nitrogen and oxygen atoms in total. The SMILES string of the molecule is Cc1ccc(Br)cc1NC(=O)CCNC(=O)c1ccc2c(c1)OCCCO2. The summed E-state index contributed by atoms with van der Waals surface area (Å²) in [5.41, 5.74) is 2.20. The number of benzene rings is 2. The molecule has 27 heavy (non-hydrogen) atoms. The minimum absolute atomic E-state index is 0.157. The first kappa shape index (κ1) is 19.2. The average molecular weight is 433 g/mol. The Morgan fingerprint density at radius 2 is 1.85 bits per heavy atom. The summed E-state index contributed by atoms with van der Waals surface area (Å²) in [4.78, 5) is 24.4. The zero-order valence-electron chi connectivity index (χ0n) is 15.0. The van der Waals surface area contributed by atoms with Gasteiger partial charge in [-0.25, -0.2) is 0 Å². The number of carbonyl (C=O) groups is 2. The van der Waals surface area contributed by atoms with Crippen molar-refractivity contribution in [3.63, 3.8) is 0 Å². The van der Waals surface area contributed by atoms with E-state index in [1.54, 1.807) is 18.2 Å². The first-order chi connectivity index (χ1) is 13.0. The van der Waals surface area contributed by atoms with Crippen LogP contribution >= 0.6 is 15.9 Å². The Morgan fingerprint density at radius 3 is 2.67 bits per heavy atom. The van der Waals surface area contributed by atoms with Gasteiger partial charge in [0.25, 0.3) is 5.91 Å². The summed E-state index contributed by atoms with van der Waals surface area (Å²) in [6, 6.07) is 10.8. The molecule has 1 aliphatic rings. The van der Waals surface area contributed by atoms with Crippen molar-refractivity contribution >= 4 is 33.4 Å². The molecule has 0 aromatic heterocycles. The predicted molar refractivity (Wildman–Crippen MR) is 107 cm³/mol. The van der Waals surface area contributed by atoms with E-state index in [2.05, 4.69) is 26.6 Å². The third kappa shape index (κ3) is 5.23. The highest BCUT2D eigenvalue weighted by Crippen LogP contribution is 2.30. The van der Waals surface area contributed by atoms with Crippen molar-refractivity contribution in [1.82, 2.24) is 5.32 Å². The minimum Gasteiger partial charge on any atom is -0.490 e. The normalized spacial score (nSPS) is 12.8. The van der Waals surface area contributed by atoms with Gasteiger partial charge in [-0.2, -0.15) is 0 Å². The van der Waals surface area contributed by atoms with E-state index in [4.69, 9.17) is 9.47 Å². The summed E-state index contributed by atoms with van der Waals surface area (Å²) >= 11 is 3.39. The van der Waals surface area contributed by atoms with Gasteiger partial charge in [0.1, 0.15) is 0 Å². The summed E-state index contributed by atoms with van der Waals surface area (Å²) in [6.07, 6.45) is 0.991. The minimum atomic E-state index is -0.253. The molecule has 0 saturated carbocycles. The van der Waals surface area contributed by atoms with Crippen LogP contribution in [0, 0.1) is 6.92 Å². The smallest absolute Gasteiger partial charge is 0.251 e. The van der Waals surface area contributed by atoms with E-state index >= 15 is 0 Å². The highest BCUT2D eigenvalue weighted by atomic mass is 79.9. The van der Waals surface area contributed by atoms with Gasteiger partial charge in [0.2, 0.25) is 5.91 Å². The summed E-state index contributed by atoms with van der Waals surface area (Å²) in [6.45, 7) is 3.33. The number of fused-ring (bicyclic) bond motifs is 1. The largest absolute Gasteiger partial charge is 0.490 e. The summed E-state index contributed by atoms with van der Waals surface area (Å²) in [7, 11) is 0. The number of halogens is 1. The Bertz CT molecular complexity index is 854. The first-order valence-electron chi connectivity index (χ1n) is 8.77.